The Kier molecular flexibility index (Phi) is 9.50. The normalized spacial score (nSPS) is 25.8. The quantitative estimate of drug-likeness (QED) is 0.315. The van der Waals surface area contributed by atoms with Gasteiger partial charge in [0.15, 0.2) is 5.96 Å². The summed E-state index contributed by atoms with van der Waals surface area (Å²) in [7, 11) is -2.93. The molecule has 0 aromatic carbocycles. The summed E-state index contributed by atoms with van der Waals surface area (Å²) >= 11 is 0. The first kappa shape index (κ1) is 23.0. The summed E-state index contributed by atoms with van der Waals surface area (Å²) in [6.45, 7) is 6.80. The first-order valence-electron chi connectivity index (χ1n) is 9.52. The lowest BCUT2D eigenvalue weighted by molar-refractivity contribution is 0.270. The highest BCUT2D eigenvalue weighted by Crippen LogP contribution is 2.46. The molecule has 25 heavy (non-hydrogen) atoms. The zero-order valence-electron chi connectivity index (χ0n) is 16.0. The van der Waals surface area contributed by atoms with E-state index in [0.717, 1.165) is 43.7 Å². The number of halogens is 1. The van der Waals surface area contributed by atoms with Crippen LogP contribution in [-0.4, -0.2) is 46.0 Å². The molecule has 2 aliphatic rings. The van der Waals surface area contributed by atoms with Crippen LogP contribution in [0.2, 0.25) is 0 Å². The van der Waals surface area contributed by atoms with Crippen molar-refractivity contribution in [2.45, 2.75) is 58.8 Å². The highest BCUT2D eigenvalue weighted by Gasteiger charge is 2.45. The van der Waals surface area contributed by atoms with Gasteiger partial charge in [0.1, 0.15) is 9.84 Å². The van der Waals surface area contributed by atoms with Crippen LogP contribution in [0.5, 0.6) is 0 Å². The Hall–Kier alpha value is -0.0500. The maximum atomic E-state index is 11.6. The first-order valence-corrected chi connectivity index (χ1v) is 11.6. The number of nitrogens with zero attached hydrogens (tertiary/aromatic N) is 1. The molecule has 0 spiro atoms. The second-order valence-electron chi connectivity index (χ2n) is 8.12. The molecule has 0 aromatic heterocycles. The van der Waals surface area contributed by atoms with Crippen LogP contribution in [-0.2, 0) is 9.84 Å². The SMILES string of the molecule is CCNC(=NCC1(CS(C)(=O)=O)CC1)NCCC1CCCC(C)C1.I. The third kappa shape index (κ3) is 8.93. The van der Waals surface area contributed by atoms with Crippen molar-refractivity contribution < 1.29 is 8.42 Å². The number of rotatable bonds is 8. The van der Waals surface area contributed by atoms with Gasteiger partial charge in [-0.05, 0) is 44.4 Å². The summed E-state index contributed by atoms with van der Waals surface area (Å²) < 4.78 is 23.1. The molecule has 2 atom stereocenters. The monoisotopic (exact) mass is 485 g/mol. The fraction of sp³-hybridized carbons (Fsp3) is 0.944. The van der Waals surface area contributed by atoms with E-state index in [0.29, 0.717) is 6.54 Å². The lowest BCUT2D eigenvalue weighted by Crippen LogP contribution is -2.39. The first-order chi connectivity index (χ1) is 11.3. The molecule has 2 unspecified atom stereocenters. The van der Waals surface area contributed by atoms with Crippen LogP contribution in [0, 0.1) is 17.3 Å². The molecule has 2 N–H and O–H groups in total. The molecule has 0 saturated heterocycles. The van der Waals surface area contributed by atoms with E-state index in [1.165, 1.54) is 38.4 Å². The van der Waals surface area contributed by atoms with E-state index in [1.54, 1.807) is 0 Å². The van der Waals surface area contributed by atoms with Gasteiger partial charge in [-0.2, -0.15) is 0 Å². The maximum absolute atomic E-state index is 11.6. The Morgan fingerprint density at radius 1 is 1.24 bits per heavy atom. The van der Waals surface area contributed by atoms with Crippen LogP contribution >= 0.6 is 24.0 Å². The Balaban J connectivity index is 0.00000312. The maximum Gasteiger partial charge on any atom is 0.191 e. The minimum atomic E-state index is -2.93. The van der Waals surface area contributed by atoms with E-state index in [9.17, 15) is 8.42 Å². The van der Waals surface area contributed by atoms with E-state index in [1.807, 2.05) is 0 Å². The molecule has 2 saturated carbocycles. The molecule has 0 bridgehead atoms. The minimum Gasteiger partial charge on any atom is -0.357 e. The number of nitrogens with one attached hydrogen (secondary N) is 2. The predicted octanol–water partition coefficient (Wildman–Crippen LogP) is 3.20. The second kappa shape index (κ2) is 10.3. The Bertz CT molecular complexity index is 532. The van der Waals surface area contributed by atoms with Gasteiger partial charge in [-0.25, -0.2) is 8.42 Å². The fourth-order valence-electron chi connectivity index (χ4n) is 3.89. The zero-order chi connectivity index (χ0) is 17.6. The lowest BCUT2D eigenvalue weighted by atomic mass is 9.81. The van der Waals surface area contributed by atoms with E-state index < -0.39 is 9.84 Å². The van der Waals surface area contributed by atoms with E-state index in [2.05, 4.69) is 29.5 Å². The molecule has 0 radical (unpaired) electrons. The summed E-state index contributed by atoms with van der Waals surface area (Å²) in [5.74, 6) is 2.81. The highest BCUT2D eigenvalue weighted by atomic mass is 127. The van der Waals surface area contributed by atoms with Gasteiger partial charge in [-0.1, -0.05) is 26.2 Å². The number of sulfone groups is 1. The van der Waals surface area contributed by atoms with Gasteiger partial charge in [0, 0.05) is 31.3 Å². The van der Waals surface area contributed by atoms with Crippen molar-refractivity contribution in [1.29, 1.82) is 0 Å². The van der Waals surface area contributed by atoms with Gasteiger partial charge in [-0.3, -0.25) is 4.99 Å². The molecule has 0 aliphatic heterocycles. The fourth-order valence-corrected chi connectivity index (χ4v) is 5.38. The molecule has 2 rings (SSSR count). The smallest absolute Gasteiger partial charge is 0.191 e. The summed E-state index contributed by atoms with van der Waals surface area (Å²) in [4.78, 5) is 4.66. The summed E-state index contributed by atoms with van der Waals surface area (Å²) in [6.07, 6.45) is 9.94. The lowest BCUT2D eigenvalue weighted by Gasteiger charge is -2.27. The third-order valence-electron chi connectivity index (χ3n) is 5.33. The van der Waals surface area contributed by atoms with Crippen LogP contribution in [0.15, 0.2) is 4.99 Å². The standard InChI is InChI=1S/C18H35N3O2S.HI/c1-4-19-17(20-11-8-16-7-5-6-15(2)12-16)21-13-18(9-10-18)14-24(3,22)23;/h15-16H,4-14H2,1-3H3,(H2,19,20,21);1H. The van der Waals surface area contributed by atoms with E-state index >= 15 is 0 Å². The topological polar surface area (TPSA) is 70.6 Å². The van der Waals surface area contributed by atoms with Crippen molar-refractivity contribution >= 4 is 39.8 Å². The van der Waals surface area contributed by atoms with Gasteiger partial charge >= 0.3 is 0 Å². The Labute approximate surface area is 171 Å². The molecule has 2 aliphatic carbocycles. The van der Waals surface area contributed by atoms with Crippen LogP contribution < -0.4 is 10.6 Å². The molecule has 2 fully saturated rings. The molecule has 5 nitrogen and oxygen atoms in total. The number of hydrogen-bond donors (Lipinski definition) is 2. The summed E-state index contributed by atoms with van der Waals surface area (Å²) in [5.41, 5.74) is -0.102. The highest BCUT2D eigenvalue weighted by molar-refractivity contribution is 14.0. The van der Waals surface area contributed by atoms with Crippen molar-refractivity contribution in [3.05, 3.63) is 0 Å². The van der Waals surface area contributed by atoms with Gasteiger partial charge in [0.25, 0.3) is 0 Å². The number of guanidine groups is 1. The summed E-state index contributed by atoms with van der Waals surface area (Å²) in [5, 5.41) is 6.72. The Morgan fingerprint density at radius 3 is 2.52 bits per heavy atom. The van der Waals surface area contributed by atoms with Crippen molar-refractivity contribution in [1.82, 2.24) is 10.6 Å². The van der Waals surface area contributed by atoms with Crippen molar-refractivity contribution in [2.24, 2.45) is 22.2 Å². The average molecular weight is 485 g/mol. The number of hydrogen-bond acceptors (Lipinski definition) is 3. The Morgan fingerprint density at radius 2 is 1.96 bits per heavy atom. The molecule has 7 heteroatoms. The molecule has 0 aromatic rings. The van der Waals surface area contributed by atoms with E-state index in [4.69, 9.17) is 0 Å². The van der Waals surface area contributed by atoms with E-state index in [-0.39, 0.29) is 35.1 Å². The van der Waals surface area contributed by atoms with Crippen LogP contribution in [0.4, 0.5) is 0 Å². The molecule has 0 amide bonds. The third-order valence-corrected chi connectivity index (χ3v) is 6.47. The van der Waals surface area contributed by atoms with Crippen LogP contribution in [0.25, 0.3) is 0 Å². The molecular weight excluding hydrogens is 449 g/mol. The zero-order valence-corrected chi connectivity index (χ0v) is 19.2. The summed E-state index contributed by atoms with van der Waals surface area (Å²) in [6, 6.07) is 0. The second-order valence-corrected chi connectivity index (χ2v) is 10.3. The molecular formula is C18H36IN3O2S. The van der Waals surface area contributed by atoms with Crippen molar-refractivity contribution in [3.8, 4) is 0 Å². The molecule has 0 heterocycles. The average Bonchev–Trinajstić information content (AvgIpc) is 3.23. The van der Waals surface area contributed by atoms with Crippen molar-refractivity contribution in [2.75, 3.05) is 31.6 Å². The van der Waals surface area contributed by atoms with Gasteiger partial charge < -0.3 is 10.6 Å². The minimum absolute atomic E-state index is 0. The van der Waals surface area contributed by atoms with Crippen molar-refractivity contribution in [3.63, 3.8) is 0 Å². The number of aliphatic imine (C=N–C) groups is 1. The largest absolute Gasteiger partial charge is 0.357 e. The van der Waals surface area contributed by atoms with Gasteiger partial charge in [-0.15, -0.1) is 24.0 Å². The van der Waals surface area contributed by atoms with Gasteiger partial charge in [0.2, 0.25) is 0 Å². The predicted molar refractivity (Wildman–Crippen MR) is 117 cm³/mol. The molecule has 148 valence electrons. The van der Waals surface area contributed by atoms with Gasteiger partial charge in [0.05, 0.1) is 5.75 Å². The van der Waals surface area contributed by atoms with Crippen LogP contribution in [0.1, 0.15) is 58.8 Å². The van der Waals surface area contributed by atoms with Crippen LogP contribution in [0.3, 0.4) is 0 Å².